The minimum atomic E-state index is 0.0118. The number of esters is 1. The molecule has 0 bridgehead atoms. The lowest BCUT2D eigenvalue weighted by Gasteiger charge is -2.33. The zero-order valence-electron chi connectivity index (χ0n) is 11.4. The number of piperidine rings is 1. The maximum atomic E-state index is 11.6. The van der Waals surface area contributed by atoms with Crippen molar-refractivity contribution in [3.8, 4) is 0 Å². The second-order valence-corrected chi connectivity index (χ2v) is 5.48. The van der Waals surface area contributed by atoms with Crippen molar-refractivity contribution in [1.29, 1.82) is 0 Å². The minimum absolute atomic E-state index is 0.0118. The molecule has 0 amide bonds. The first-order valence-corrected chi connectivity index (χ1v) is 7.33. The summed E-state index contributed by atoms with van der Waals surface area (Å²) in [4.78, 5) is 14.2. The molecular weight excluding hydrogens is 226 g/mol. The maximum absolute atomic E-state index is 11.6. The molecule has 1 atom stereocenters. The standard InChI is InChI=1S/C15H25NO2/c1-2-18-15(17)14-8-10-16(11-9-14)12-13-6-4-3-5-7-13/h3-4,13-14H,2,5-12H2,1H3/t13-/m1/s1. The van der Waals surface area contributed by atoms with Gasteiger partial charge in [-0.25, -0.2) is 0 Å². The summed E-state index contributed by atoms with van der Waals surface area (Å²) in [5.74, 6) is 0.986. The van der Waals surface area contributed by atoms with E-state index in [0.717, 1.165) is 31.8 Å². The third-order valence-electron chi connectivity index (χ3n) is 4.10. The molecule has 1 aliphatic heterocycles. The highest BCUT2D eigenvalue weighted by Gasteiger charge is 2.26. The van der Waals surface area contributed by atoms with Gasteiger partial charge >= 0.3 is 5.97 Å². The number of likely N-dealkylation sites (tertiary alicyclic amines) is 1. The lowest BCUT2D eigenvalue weighted by molar-refractivity contribution is -0.149. The van der Waals surface area contributed by atoms with Crippen LogP contribution in [0, 0.1) is 11.8 Å². The molecule has 18 heavy (non-hydrogen) atoms. The van der Waals surface area contributed by atoms with Gasteiger partial charge in [-0.2, -0.15) is 0 Å². The monoisotopic (exact) mass is 251 g/mol. The highest BCUT2D eigenvalue weighted by molar-refractivity contribution is 5.72. The largest absolute Gasteiger partial charge is 0.466 e. The molecule has 0 aromatic carbocycles. The van der Waals surface area contributed by atoms with E-state index in [0.29, 0.717) is 6.61 Å². The lowest BCUT2D eigenvalue weighted by Crippen LogP contribution is -2.39. The van der Waals surface area contributed by atoms with Crippen LogP contribution in [0.25, 0.3) is 0 Å². The van der Waals surface area contributed by atoms with Crippen molar-refractivity contribution in [2.24, 2.45) is 11.8 Å². The Labute approximate surface area is 110 Å². The van der Waals surface area contributed by atoms with Crippen LogP contribution in [0.3, 0.4) is 0 Å². The first-order chi connectivity index (χ1) is 8.79. The van der Waals surface area contributed by atoms with E-state index in [-0.39, 0.29) is 11.9 Å². The Morgan fingerprint density at radius 3 is 2.67 bits per heavy atom. The summed E-state index contributed by atoms with van der Waals surface area (Å²) in [6.07, 6.45) is 10.4. The first kappa shape index (κ1) is 13.6. The van der Waals surface area contributed by atoms with Crippen molar-refractivity contribution in [1.82, 2.24) is 4.90 Å². The fourth-order valence-corrected chi connectivity index (χ4v) is 3.00. The molecule has 1 fully saturated rings. The van der Waals surface area contributed by atoms with E-state index < -0.39 is 0 Å². The summed E-state index contributed by atoms with van der Waals surface area (Å²) in [6.45, 7) is 5.71. The van der Waals surface area contributed by atoms with Crippen molar-refractivity contribution in [2.75, 3.05) is 26.2 Å². The molecule has 0 saturated carbocycles. The molecule has 0 aromatic heterocycles. The summed E-state index contributed by atoms with van der Waals surface area (Å²) in [6, 6.07) is 0. The van der Waals surface area contributed by atoms with Crippen molar-refractivity contribution in [3.63, 3.8) is 0 Å². The average molecular weight is 251 g/mol. The van der Waals surface area contributed by atoms with Crippen LogP contribution in [0.1, 0.15) is 39.0 Å². The minimum Gasteiger partial charge on any atom is -0.466 e. The van der Waals surface area contributed by atoms with Gasteiger partial charge < -0.3 is 9.64 Å². The van der Waals surface area contributed by atoms with E-state index in [2.05, 4.69) is 17.1 Å². The van der Waals surface area contributed by atoms with Gasteiger partial charge in [-0.15, -0.1) is 0 Å². The summed E-state index contributed by atoms with van der Waals surface area (Å²) < 4.78 is 5.10. The second kappa shape index (κ2) is 6.93. The number of hydrogen-bond donors (Lipinski definition) is 0. The Balaban J connectivity index is 1.69. The summed E-state index contributed by atoms with van der Waals surface area (Å²) >= 11 is 0. The predicted octanol–water partition coefficient (Wildman–Crippen LogP) is 2.62. The molecule has 1 aliphatic carbocycles. The van der Waals surface area contributed by atoms with Crippen LogP contribution < -0.4 is 0 Å². The van der Waals surface area contributed by atoms with Crippen molar-refractivity contribution < 1.29 is 9.53 Å². The van der Waals surface area contributed by atoms with Crippen molar-refractivity contribution in [3.05, 3.63) is 12.2 Å². The summed E-state index contributed by atoms with van der Waals surface area (Å²) in [5, 5.41) is 0. The second-order valence-electron chi connectivity index (χ2n) is 5.48. The fourth-order valence-electron chi connectivity index (χ4n) is 3.00. The van der Waals surface area contributed by atoms with Crippen molar-refractivity contribution >= 4 is 5.97 Å². The van der Waals surface area contributed by atoms with Gasteiger partial charge in [0.1, 0.15) is 0 Å². The van der Waals surface area contributed by atoms with E-state index in [1.807, 2.05) is 6.92 Å². The zero-order valence-corrected chi connectivity index (χ0v) is 11.4. The van der Waals surface area contributed by atoms with E-state index in [1.165, 1.54) is 25.8 Å². The molecule has 3 nitrogen and oxygen atoms in total. The van der Waals surface area contributed by atoms with Crippen molar-refractivity contribution in [2.45, 2.75) is 39.0 Å². The average Bonchev–Trinajstić information content (AvgIpc) is 2.41. The van der Waals surface area contributed by atoms with Gasteiger partial charge in [0.25, 0.3) is 0 Å². The molecule has 1 heterocycles. The third kappa shape index (κ3) is 3.84. The molecule has 1 saturated heterocycles. The van der Waals surface area contributed by atoms with Gasteiger partial charge in [-0.1, -0.05) is 12.2 Å². The number of rotatable bonds is 4. The van der Waals surface area contributed by atoms with Crippen LogP contribution in [0.5, 0.6) is 0 Å². The number of carbonyl (C=O) groups excluding carboxylic acids is 1. The quantitative estimate of drug-likeness (QED) is 0.568. The van der Waals surface area contributed by atoms with Gasteiger partial charge in [0.15, 0.2) is 0 Å². The van der Waals surface area contributed by atoms with Crippen LogP contribution in [0.15, 0.2) is 12.2 Å². The molecule has 0 aromatic rings. The van der Waals surface area contributed by atoms with Crippen LogP contribution in [-0.4, -0.2) is 37.1 Å². The zero-order chi connectivity index (χ0) is 12.8. The Bertz CT molecular complexity index is 293. The highest BCUT2D eigenvalue weighted by Crippen LogP contribution is 2.23. The van der Waals surface area contributed by atoms with E-state index in [1.54, 1.807) is 0 Å². The topological polar surface area (TPSA) is 29.5 Å². The highest BCUT2D eigenvalue weighted by atomic mass is 16.5. The lowest BCUT2D eigenvalue weighted by atomic mass is 9.91. The molecule has 0 radical (unpaired) electrons. The Hall–Kier alpha value is -0.830. The molecule has 0 unspecified atom stereocenters. The first-order valence-electron chi connectivity index (χ1n) is 7.33. The van der Waals surface area contributed by atoms with Crippen LogP contribution in [-0.2, 0) is 9.53 Å². The smallest absolute Gasteiger partial charge is 0.309 e. The summed E-state index contributed by atoms with van der Waals surface area (Å²) in [7, 11) is 0. The van der Waals surface area contributed by atoms with E-state index >= 15 is 0 Å². The number of allylic oxidation sites excluding steroid dienone is 2. The predicted molar refractivity (Wildman–Crippen MR) is 72.3 cm³/mol. The van der Waals surface area contributed by atoms with Gasteiger partial charge in [0.05, 0.1) is 12.5 Å². The summed E-state index contributed by atoms with van der Waals surface area (Å²) in [5.41, 5.74) is 0. The molecule has 3 heteroatoms. The molecule has 102 valence electrons. The number of nitrogens with zero attached hydrogens (tertiary/aromatic N) is 1. The third-order valence-corrected chi connectivity index (χ3v) is 4.10. The Morgan fingerprint density at radius 1 is 1.28 bits per heavy atom. The van der Waals surface area contributed by atoms with E-state index in [9.17, 15) is 4.79 Å². The number of hydrogen-bond acceptors (Lipinski definition) is 3. The Morgan fingerprint density at radius 2 is 2.06 bits per heavy atom. The maximum Gasteiger partial charge on any atom is 0.309 e. The van der Waals surface area contributed by atoms with E-state index in [4.69, 9.17) is 4.74 Å². The van der Waals surface area contributed by atoms with Gasteiger partial charge in [0, 0.05) is 6.54 Å². The molecule has 0 N–H and O–H groups in total. The molecule has 0 spiro atoms. The number of ether oxygens (including phenoxy) is 1. The number of carbonyl (C=O) groups is 1. The van der Waals surface area contributed by atoms with Gasteiger partial charge in [-0.05, 0) is 58.0 Å². The van der Waals surface area contributed by atoms with Crippen LogP contribution in [0.4, 0.5) is 0 Å². The fraction of sp³-hybridized carbons (Fsp3) is 0.800. The molecule has 2 rings (SSSR count). The molecular formula is C15H25NO2. The Kier molecular flexibility index (Phi) is 5.24. The normalized spacial score (nSPS) is 26.2. The van der Waals surface area contributed by atoms with Crippen LogP contribution >= 0.6 is 0 Å². The SMILES string of the molecule is CCOC(=O)C1CCN(C[C@@H]2CC=CCC2)CC1. The van der Waals surface area contributed by atoms with Gasteiger partial charge in [0.2, 0.25) is 0 Å². The van der Waals surface area contributed by atoms with Gasteiger partial charge in [-0.3, -0.25) is 4.79 Å². The van der Waals surface area contributed by atoms with Crippen LogP contribution in [0.2, 0.25) is 0 Å². The molecule has 2 aliphatic rings.